The van der Waals surface area contributed by atoms with Crippen molar-refractivity contribution in [3.05, 3.63) is 35.9 Å². The molecule has 1 rings (SSSR count). The van der Waals surface area contributed by atoms with Crippen LogP contribution in [0.1, 0.15) is 43.7 Å². The summed E-state index contributed by atoms with van der Waals surface area (Å²) >= 11 is 0. The summed E-state index contributed by atoms with van der Waals surface area (Å²) in [5, 5.41) is 9.65. The summed E-state index contributed by atoms with van der Waals surface area (Å²) in [6.07, 6.45) is 7.71. The second-order valence-corrected chi connectivity index (χ2v) is 3.90. The molecule has 0 unspecified atom stereocenters. The van der Waals surface area contributed by atoms with Crippen LogP contribution in [0.4, 0.5) is 0 Å². The van der Waals surface area contributed by atoms with Crippen LogP contribution in [0.2, 0.25) is 0 Å². The minimum atomic E-state index is 0.414. The van der Waals surface area contributed by atoms with Gasteiger partial charge in [-0.25, -0.2) is 0 Å². The van der Waals surface area contributed by atoms with Crippen LogP contribution in [0, 0.1) is 0 Å². The number of hydrogen-bond acceptors (Lipinski definition) is 1. The summed E-state index contributed by atoms with van der Waals surface area (Å²) in [6.45, 7) is 5.93. The van der Waals surface area contributed by atoms with E-state index in [1.807, 2.05) is 18.2 Å². The SMILES string of the molecule is C=Cc1ccc(O)c(CCCCCC)c1. The van der Waals surface area contributed by atoms with Crippen LogP contribution < -0.4 is 0 Å². The smallest absolute Gasteiger partial charge is 0.118 e. The van der Waals surface area contributed by atoms with Crippen molar-refractivity contribution in [1.29, 1.82) is 0 Å². The number of phenols is 1. The lowest BCUT2D eigenvalue weighted by Gasteiger charge is -2.05. The number of benzene rings is 1. The highest BCUT2D eigenvalue weighted by Gasteiger charge is 2.01. The fourth-order valence-electron chi connectivity index (χ4n) is 1.67. The van der Waals surface area contributed by atoms with Gasteiger partial charge in [0, 0.05) is 0 Å². The minimum Gasteiger partial charge on any atom is -0.508 e. The molecule has 1 aromatic rings. The Hall–Kier alpha value is -1.24. The zero-order valence-corrected chi connectivity index (χ0v) is 9.50. The van der Waals surface area contributed by atoms with E-state index in [0.717, 1.165) is 24.0 Å². The highest BCUT2D eigenvalue weighted by molar-refractivity contribution is 5.51. The quantitative estimate of drug-likeness (QED) is 0.690. The highest BCUT2D eigenvalue weighted by atomic mass is 16.3. The van der Waals surface area contributed by atoms with Crippen molar-refractivity contribution in [3.8, 4) is 5.75 Å². The molecule has 1 heteroatoms. The van der Waals surface area contributed by atoms with Gasteiger partial charge in [0.1, 0.15) is 5.75 Å². The summed E-state index contributed by atoms with van der Waals surface area (Å²) < 4.78 is 0. The van der Waals surface area contributed by atoms with Crippen molar-refractivity contribution in [3.63, 3.8) is 0 Å². The molecule has 0 fully saturated rings. The van der Waals surface area contributed by atoms with Gasteiger partial charge in [0.05, 0.1) is 0 Å². The van der Waals surface area contributed by atoms with Gasteiger partial charge in [0.15, 0.2) is 0 Å². The third kappa shape index (κ3) is 3.78. The molecule has 0 radical (unpaired) electrons. The van der Waals surface area contributed by atoms with E-state index in [9.17, 15) is 5.11 Å². The molecule has 0 aliphatic heterocycles. The van der Waals surface area contributed by atoms with Crippen molar-refractivity contribution in [1.82, 2.24) is 0 Å². The van der Waals surface area contributed by atoms with Crippen molar-refractivity contribution in [2.75, 3.05) is 0 Å². The Kier molecular flexibility index (Phi) is 4.96. The molecular weight excluding hydrogens is 184 g/mol. The molecular formula is C14H20O. The summed E-state index contributed by atoms with van der Waals surface area (Å²) in [6, 6.07) is 5.67. The Balaban J connectivity index is 2.55. The topological polar surface area (TPSA) is 20.2 Å². The number of rotatable bonds is 6. The Morgan fingerprint density at radius 3 is 2.73 bits per heavy atom. The van der Waals surface area contributed by atoms with Crippen molar-refractivity contribution < 1.29 is 5.11 Å². The number of aryl methyl sites for hydroxylation is 1. The van der Waals surface area contributed by atoms with Gasteiger partial charge < -0.3 is 5.11 Å². The van der Waals surface area contributed by atoms with Gasteiger partial charge in [-0.15, -0.1) is 0 Å². The third-order valence-corrected chi connectivity index (χ3v) is 2.64. The summed E-state index contributed by atoms with van der Waals surface area (Å²) in [4.78, 5) is 0. The molecule has 0 aliphatic rings. The van der Waals surface area contributed by atoms with Gasteiger partial charge in [0.25, 0.3) is 0 Å². The van der Waals surface area contributed by atoms with Crippen LogP contribution in [-0.4, -0.2) is 5.11 Å². The predicted octanol–water partition coefficient (Wildman–Crippen LogP) is 4.16. The molecule has 0 aliphatic carbocycles. The largest absolute Gasteiger partial charge is 0.508 e. The van der Waals surface area contributed by atoms with E-state index in [2.05, 4.69) is 13.5 Å². The second kappa shape index (κ2) is 6.28. The van der Waals surface area contributed by atoms with E-state index in [4.69, 9.17) is 0 Å². The predicted molar refractivity (Wildman–Crippen MR) is 66.0 cm³/mol. The molecule has 0 bridgehead atoms. The molecule has 0 saturated heterocycles. The van der Waals surface area contributed by atoms with Crippen LogP contribution in [0.15, 0.2) is 24.8 Å². The number of phenolic OH excluding ortho intramolecular Hbond substituents is 1. The first kappa shape index (κ1) is 11.8. The first-order chi connectivity index (χ1) is 7.27. The van der Waals surface area contributed by atoms with Gasteiger partial charge in [-0.3, -0.25) is 0 Å². The van der Waals surface area contributed by atoms with Crippen LogP contribution in [0.25, 0.3) is 6.08 Å². The fourth-order valence-corrected chi connectivity index (χ4v) is 1.67. The monoisotopic (exact) mass is 204 g/mol. The first-order valence-corrected chi connectivity index (χ1v) is 5.72. The van der Waals surface area contributed by atoms with Crippen molar-refractivity contribution in [2.24, 2.45) is 0 Å². The fraction of sp³-hybridized carbons (Fsp3) is 0.429. The molecule has 0 spiro atoms. The Bertz CT molecular complexity index is 315. The lowest BCUT2D eigenvalue weighted by molar-refractivity contribution is 0.466. The molecule has 0 saturated carbocycles. The van der Waals surface area contributed by atoms with Gasteiger partial charge in [-0.05, 0) is 36.1 Å². The standard InChI is InChI=1S/C14H20O/c1-3-5-6-7-8-13-11-12(4-2)9-10-14(13)15/h4,9-11,15H,2-3,5-8H2,1H3. The lowest BCUT2D eigenvalue weighted by atomic mass is 10.0. The zero-order valence-electron chi connectivity index (χ0n) is 9.50. The molecule has 82 valence electrons. The van der Waals surface area contributed by atoms with Crippen LogP contribution in [-0.2, 0) is 6.42 Å². The zero-order chi connectivity index (χ0) is 11.1. The molecule has 15 heavy (non-hydrogen) atoms. The van der Waals surface area contributed by atoms with E-state index in [1.165, 1.54) is 19.3 Å². The molecule has 1 aromatic carbocycles. The maximum absolute atomic E-state index is 9.65. The third-order valence-electron chi connectivity index (χ3n) is 2.64. The lowest BCUT2D eigenvalue weighted by Crippen LogP contribution is -1.88. The first-order valence-electron chi connectivity index (χ1n) is 5.72. The molecule has 0 aromatic heterocycles. The van der Waals surface area contributed by atoms with Crippen LogP contribution >= 0.6 is 0 Å². The average Bonchev–Trinajstić information content (AvgIpc) is 2.26. The summed E-state index contributed by atoms with van der Waals surface area (Å²) in [5.41, 5.74) is 2.13. The van der Waals surface area contributed by atoms with E-state index >= 15 is 0 Å². The molecule has 0 heterocycles. The van der Waals surface area contributed by atoms with Gasteiger partial charge in [-0.1, -0.05) is 44.9 Å². The van der Waals surface area contributed by atoms with Crippen LogP contribution in [0.5, 0.6) is 5.75 Å². The Morgan fingerprint density at radius 2 is 2.07 bits per heavy atom. The number of aromatic hydroxyl groups is 1. The van der Waals surface area contributed by atoms with Crippen molar-refractivity contribution >= 4 is 6.08 Å². The summed E-state index contributed by atoms with van der Waals surface area (Å²) in [5.74, 6) is 0.414. The maximum Gasteiger partial charge on any atom is 0.118 e. The van der Waals surface area contributed by atoms with E-state index in [1.54, 1.807) is 6.07 Å². The number of unbranched alkanes of at least 4 members (excludes halogenated alkanes) is 3. The van der Waals surface area contributed by atoms with Gasteiger partial charge in [0.2, 0.25) is 0 Å². The van der Waals surface area contributed by atoms with E-state index in [0.29, 0.717) is 5.75 Å². The van der Waals surface area contributed by atoms with Gasteiger partial charge >= 0.3 is 0 Å². The number of hydrogen-bond donors (Lipinski definition) is 1. The molecule has 0 amide bonds. The Morgan fingerprint density at radius 1 is 1.27 bits per heavy atom. The van der Waals surface area contributed by atoms with E-state index in [-0.39, 0.29) is 0 Å². The maximum atomic E-state index is 9.65. The Labute approximate surface area is 92.5 Å². The minimum absolute atomic E-state index is 0.414. The average molecular weight is 204 g/mol. The second-order valence-electron chi connectivity index (χ2n) is 3.90. The highest BCUT2D eigenvalue weighted by Crippen LogP contribution is 2.21. The van der Waals surface area contributed by atoms with Crippen LogP contribution in [0.3, 0.4) is 0 Å². The molecule has 1 nitrogen and oxygen atoms in total. The normalized spacial score (nSPS) is 10.2. The van der Waals surface area contributed by atoms with E-state index < -0.39 is 0 Å². The van der Waals surface area contributed by atoms with Gasteiger partial charge in [-0.2, -0.15) is 0 Å². The molecule has 1 N–H and O–H groups in total. The summed E-state index contributed by atoms with van der Waals surface area (Å²) in [7, 11) is 0. The molecule has 0 atom stereocenters. The van der Waals surface area contributed by atoms with Crippen molar-refractivity contribution in [2.45, 2.75) is 39.0 Å².